The Morgan fingerprint density at radius 3 is 2.61 bits per heavy atom. The van der Waals surface area contributed by atoms with E-state index in [0.29, 0.717) is 18.8 Å². The van der Waals surface area contributed by atoms with Gasteiger partial charge in [0.05, 0.1) is 13.7 Å². The molecule has 3 nitrogen and oxygen atoms in total. The summed E-state index contributed by atoms with van der Waals surface area (Å²) in [5.74, 6) is -0.148. The van der Waals surface area contributed by atoms with Gasteiger partial charge < -0.3 is 4.74 Å². The van der Waals surface area contributed by atoms with E-state index in [-0.39, 0.29) is 0 Å². The summed E-state index contributed by atoms with van der Waals surface area (Å²) in [7, 11) is 1.22. The van der Waals surface area contributed by atoms with Crippen molar-refractivity contribution >= 4 is 5.97 Å². The van der Waals surface area contributed by atoms with E-state index >= 15 is 0 Å². The Labute approximate surface area is 105 Å². The molecular formula is C12H20F3NO2. The van der Waals surface area contributed by atoms with Gasteiger partial charge in [0.1, 0.15) is 5.54 Å². The van der Waals surface area contributed by atoms with Crippen molar-refractivity contribution < 1.29 is 22.7 Å². The average molecular weight is 267 g/mol. The molecule has 2 atom stereocenters. The fraction of sp³-hybridized carbons (Fsp3) is 0.917. The second-order valence-corrected chi connectivity index (χ2v) is 5.08. The number of ether oxygens (including phenoxy) is 1. The van der Waals surface area contributed by atoms with Crippen LogP contribution in [0.25, 0.3) is 0 Å². The first kappa shape index (κ1) is 15.3. The normalized spacial score (nSPS) is 29.7. The molecule has 1 aliphatic carbocycles. The van der Waals surface area contributed by atoms with E-state index in [1.54, 1.807) is 0 Å². The molecule has 0 saturated heterocycles. The molecule has 1 fully saturated rings. The number of carbonyl (C=O) groups excluding carboxylic acids is 1. The number of methoxy groups -OCH3 is 1. The predicted molar refractivity (Wildman–Crippen MR) is 61.1 cm³/mol. The van der Waals surface area contributed by atoms with Gasteiger partial charge in [-0.3, -0.25) is 10.1 Å². The minimum absolute atomic E-state index is 0.400. The van der Waals surface area contributed by atoms with Gasteiger partial charge in [-0.25, -0.2) is 0 Å². The molecule has 1 rings (SSSR count). The quantitative estimate of drug-likeness (QED) is 0.631. The second-order valence-electron chi connectivity index (χ2n) is 5.08. The predicted octanol–water partition coefficient (Wildman–Crippen LogP) is 2.65. The van der Waals surface area contributed by atoms with E-state index in [1.807, 2.05) is 0 Å². The van der Waals surface area contributed by atoms with Crippen LogP contribution in [0.3, 0.4) is 0 Å². The summed E-state index contributed by atoms with van der Waals surface area (Å²) < 4.78 is 41.6. The largest absolute Gasteiger partial charge is 0.468 e. The number of carbonyl (C=O) groups is 1. The van der Waals surface area contributed by atoms with Crippen molar-refractivity contribution in [1.82, 2.24) is 5.32 Å². The van der Waals surface area contributed by atoms with Crippen LogP contribution in [0.4, 0.5) is 13.2 Å². The molecule has 0 radical (unpaired) electrons. The smallest absolute Gasteiger partial charge is 0.401 e. The summed E-state index contributed by atoms with van der Waals surface area (Å²) in [4.78, 5) is 11.8. The number of hydrogen-bond donors (Lipinski definition) is 1. The summed E-state index contributed by atoms with van der Waals surface area (Å²) in [5.41, 5.74) is -1.17. The molecule has 0 spiro atoms. The Bertz CT molecular complexity index is 294. The van der Waals surface area contributed by atoms with E-state index in [1.165, 1.54) is 7.11 Å². The highest BCUT2D eigenvalue weighted by atomic mass is 19.4. The first-order valence-corrected chi connectivity index (χ1v) is 6.19. The highest BCUT2D eigenvalue weighted by molar-refractivity contribution is 5.80. The maximum atomic E-state index is 12.3. The third-order valence-corrected chi connectivity index (χ3v) is 3.57. The number of nitrogens with one attached hydrogen (secondary N) is 1. The van der Waals surface area contributed by atoms with Crippen LogP contribution in [0.1, 0.15) is 39.0 Å². The molecule has 0 bridgehead atoms. The summed E-state index contributed by atoms with van der Waals surface area (Å²) in [5, 5.41) is 2.39. The summed E-state index contributed by atoms with van der Waals surface area (Å²) in [6.07, 6.45) is -1.11. The van der Waals surface area contributed by atoms with Crippen LogP contribution in [-0.2, 0) is 9.53 Å². The van der Waals surface area contributed by atoms with Crippen LogP contribution in [0, 0.1) is 5.92 Å². The average Bonchev–Trinajstić information content (AvgIpc) is 2.48. The Morgan fingerprint density at radius 1 is 1.39 bits per heavy atom. The molecule has 0 aromatic carbocycles. The van der Waals surface area contributed by atoms with Gasteiger partial charge in [0.25, 0.3) is 0 Å². The Morgan fingerprint density at radius 2 is 2.06 bits per heavy atom. The van der Waals surface area contributed by atoms with Crippen LogP contribution in [-0.4, -0.2) is 31.3 Å². The number of alkyl halides is 3. The number of rotatable bonds is 3. The number of hydrogen-bond acceptors (Lipinski definition) is 3. The molecule has 0 heterocycles. The zero-order valence-electron chi connectivity index (χ0n) is 10.8. The number of esters is 1. The Balaban J connectivity index is 2.78. The van der Waals surface area contributed by atoms with Crippen LogP contribution >= 0.6 is 0 Å². The lowest BCUT2D eigenvalue weighted by atomic mass is 9.89. The van der Waals surface area contributed by atoms with Gasteiger partial charge in [-0.15, -0.1) is 0 Å². The van der Waals surface area contributed by atoms with Crippen molar-refractivity contribution in [2.45, 2.75) is 50.7 Å². The Kier molecular flexibility index (Phi) is 5.01. The molecule has 6 heteroatoms. The fourth-order valence-corrected chi connectivity index (χ4v) is 2.43. The summed E-state index contributed by atoms with van der Waals surface area (Å²) in [6, 6.07) is 0. The van der Waals surface area contributed by atoms with E-state index in [0.717, 1.165) is 19.3 Å². The van der Waals surface area contributed by atoms with Crippen molar-refractivity contribution in [3.63, 3.8) is 0 Å². The first-order valence-electron chi connectivity index (χ1n) is 6.19. The molecule has 1 aliphatic rings. The van der Waals surface area contributed by atoms with E-state index in [9.17, 15) is 18.0 Å². The lowest BCUT2D eigenvalue weighted by Crippen LogP contribution is -2.55. The van der Waals surface area contributed by atoms with Gasteiger partial charge in [0, 0.05) is 0 Å². The van der Waals surface area contributed by atoms with E-state index < -0.39 is 24.2 Å². The maximum Gasteiger partial charge on any atom is 0.401 e. The third-order valence-electron chi connectivity index (χ3n) is 3.57. The van der Waals surface area contributed by atoms with Crippen molar-refractivity contribution in [2.75, 3.05) is 13.7 Å². The molecule has 106 valence electrons. The van der Waals surface area contributed by atoms with Crippen molar-refractivity contribution in [2.24, 2.45) is 5.92 Å². The highest BCUT2D eigenvalue weighted by Crippen LogP contribution is 2.32. The monoisotopic (exact) mass is 267 g/mol. The molecule has 1 saturated carbocycles. The van der Waals surface area contributed by atoms with Crippen LogP contribution in [0.15, 0.2) is 0 Å². The molecule has 0 amide bonds. The van der Waals surface area contributed by atoms with Crippen molar-refractivity contribution in [1.29, 1.82) is 0 Å². The zero-order valence-corrected chi connectivity index (χ0v) is 10.8. The molecule has 2 unspecified atom stereocenters. The summed E-state index contributed by atoms with van der Waals surface area (Å²) in [6.45, 7) is 0.896. The summed E-state index contributed by atoms with van der Waals surface area (Å²) >= 11 is 0. The third kappa shape index (κ3) is 4.15. The van der Waals surface area contributed by atoms with Crippen molar-refractivity contribution in [3.05, 3.63) is 0 Å². The van der Waals surface area contributed by atoms with E-state index in [2.05, 4.69) is 17.0 Å². The van der Waals surface area contributed by atoms with Crippen molar-refractivity contribution in [3.8, 4) is 0 Å². The standard InChI is InChI=1S/C12H20F3NO2/c1-9-4-3-6-11(7-5-9,10(17)18-2)16-8-12(13,14)15/h9,16H,3-8H2,1-2H3. The van der Waals surface area contributed by atoms with Crippen LogP contribution in [0.5, 0.6) is 0 Å². The van der Waals surface area contributed by atoms with Gasteiger partial charge in [-0.2, -0.15) is 13.2 Å². The molecule has 1 N–H and O–H groups in total. The SMILES string of the molecule is COC(=O)C1(NCC(F)(F)F)CCCC(C)CC1. The lowest BCUT2D eigenvalue weighted by Gasteiger charge is -2.31. The highest BCUT2D eigenvalue weighted by Gasteiger charge is 2.43. The first-order chi connectivity index (χ1) is 8.29. The minimum Gasteiger partial charge on any atom is -0.468 e. The van der Waals surface area contributed by atoms with Gasteiger partial charge in [0.2, 0.25) is 0 Å². The van der Waals surface area contributed by atoms with Gasteiger partial charge >= 0.3 is 12.1 Å². The van der Waals surface area contributed by atoms with Gasteiger partial charge in [-0.1, -0.05) is 19.8 Å². The molecule has 0 aromatic heterocycles. The fourth-order valence-electron chi connectivity index (χ4n) is 2.43. The van der Waals surface area contributed by atoms with Crippen LogP contribution < -0.4 is 5.32 Å². The molecule has 0 aliphatic heterocycles. The van der Waals surface area contributed by atoms with Gasteiger partial charge in [0.15, 0.2) is 0 Å². The topological polar surface area (TPSA) is 38.3 Å². The van der Waals surface area contributed by atoms with Gasteiger partial charge in [-0.05, 0) is 25.2 Å². The molecular weight excluding hydrogens is 247 g/mol. The maximum absolute atomic E-state index is 12.3. The number of halogens is 3. The molecule has 0 aromatic rings. The van der Waals surface area contributed by atoms with Crippen LogP contribution in [0.2, 0.25) is 0 Å². The minimum atomic E-state index is -4.32. The zero-order chi connectivity index (χ0) is 13.8. The second kappa shape index (κ2) is 5.91. The lowest BCUT2D eigenvalue weighted by molar-refractivity contribution is -0.154. The Hall–Kier alpha value is -0.780. The molecule has 18 heavy (non-hydrogen) atoms. The van der Waals surface area contributed by atoms with E-state index in [4.69, 9.17) is 0 Å².